The molecule has 0 aliphatic heterocycles. The second kappa shape index (κ2) is 8.72. The summed E-state index contributed by atoms with van der Waals surface area (Å²) in [7, 11) is 3.97. The highest BCUT2D eigenvalue weighted by molar-refractivity contribution is 6.02. The predicted molar refractivity (Wildman–Crippen MR) is 113 cm³/mol. The van der Waals surface area contributed by atoms with Gasteiger partial charge in [0.05, 0.1) is 0 Å². The number of carbonyl (C=O) groups excluding carboxylic acids is 1. The third kappa shape index (κ3) is 4.59. The van der Waals surface area contributed by atoms with Gasteiger partial charge in [-0.3, -0.25) is 4.79 Å². The van der Waals surface area contributed by atoms with Gasteiger partial charge in [-0.1, -0.05) is 42.5 Å². The highest BCUT2D eigenvalue weighted by atomic mass is 16.5. The van der Waals surface area contributed by atoms with E-state index in [4.69, 9.17) is 4.74 Å². The van der Waals surface area contributed by atoms with Crippen molar-refractivity contribution in [1.82, 2.24) is 4.90 Å². The van der Waals surface area contributed by atoms with Crippen molar-refractivity contribution in [2.45, 2.75) is 6.92 Å². The molecular formula is C24H25NO3. The highest BCUT2D eigenvalue weighted by Crippen LogP contribution is 2.37. The Kier molecular flexibility index (Phi) is 6.12. The van der Waals surface area contributed by atoms with Gasteiger partial charge in [-0.2, -0.15) is 0 Å². The van der Waals surface area contributed by atoms with E-state index >= 15 is 0 Å². The number of aromatic hydroxyl groups is 1. The van der Waals surface area contributed by atoms with E-state index in [0.29, 0.717) is 29.0 Å². The third-order valence-corrected chi connectivity index (χ3v) is 4.57. The minimum atomic E-state index is -0.0482. The number of phenolic OH excluding ortho intramolecular Hbond substituents is 1. The zero-order valence-electron chi connectivity index (χ0n) is 16.5. The van der Waals surface area contributed by atoms with Gasteiger partial charge in [-0.15, -0.1) is 0 Å². The monoisotopic (exact) mass is 375 g/mol. The van der Waals surface area contributed by atoms with Crippen LogP contribution in [-0.4, -0.2) is 43.0 Å². The summed E-state index contributed by atoms with van der Waals surface area (Å²) in [6.45, 7) is 2.87. The molecule has 144 valence electrons. The number of hydrogen-bond donors (Lipinski definition) is 1. The molecule has 3 aromatic rings. The van der Waals surface area contributed by atoms with Crippen LogP contribution >= 0.6 is 0 Å². The Morgan fingerprint density at radius 3 is 2.36 bits per heavy atom. The second-order valence-electron chi connectivity index (χ2n) is 7.01. The fraction of sp³-hybridized carbons (Fsp3) is 0.208. The number of ether oxygens (including phenoxy) is 1. The van der Waals surface area contributed by atoms with Crippen LogP contribution in [0.15, 0.2) is 66.7 Å². The Bertz CT molecular complexity index is 965. The molecule has 0 fully saturated rings. The first-order chi connectivity index (χ1) is 13.5. The summed E-state index contributed by atoms with van der Waals surface area (Å²) in [5, 5.41) is 10.5. The van der Waals surface area contributed by atoms with Crippen molar-refractivity contribution in [3.63, 3.8) is 0 Å². The topological polar surface area (TPSA) is 49.8 Å². The van der Waals surface area contributed by atoms with E-state index < -0.39 is 0 Å². The molecule has 1 N–H and O–H groups in total. The molecule has 0 amide bonds. The van der Waals surface area contributed by atoms with E-state index in [0.717, 1.165) is 17.7 Å². The molecule has 0 aliphatic carbocycles. The van der Waals surface area contributed by atoms with Gasteiger partial charge < -0.3 is 14.7 Å². The van der Waals surface area contributed by atoms with Crippen LogP contribution in [-0.2, 0) is 0 Å². The van der Waals surface area contributed by atoms with Crippen molar-refractivity contribution >= 4 is 5.78 Å². The van der Waals surface area contributed by atoms with Crippen LogP contribution in [0.4, 0.5) is 0 Å². The zero-order valence-corrected chi connectivity index (χ0v) is 16.5. The average molecular weight is 375 g/mol. The molecule has 0 aliphatic rings. The van der Waals surface area contributed by atoms with Gasteiger partial charge in [-0.25, -0.2) is 0 Å². The van der Waals surface area contributed by atoms with Crippen LogP contribution in [0.5, 0.6) is 11.5 Å². The summed E-state index contributed by atoms with van der Waals surface area (Å²) in [5.41, 5.74) is 3.89. The molecule has 3 aromatic carbocycles. The first kappa shape index (κ1) is 19.6. The molecular weight excluding hydrogens is 350 g/mol. The van der Waals surface area contributed by atoms with Crippen LogP contribution in [0.3, 0.4) is 0 Å². The van der Waals surface area contributed by atoms with Gasteiger partial charge in [0, 0.05) is 17.7 Å². The maximum atomic E-state index is 12.2. The Labute approximate surface area is 166 Å². The van der Waals surface area contributed by atoms with Crippen molar-refractivity contribution in [1.29, 1.82) is 0 Å². The zero-order chi connectivity index (χ0) is 20.1. The molecule has 0 saturated carbocycles. The Hall–Kier alpha value is -3.11. The summed E-state index contributed by atoms with van der Waals surface area (Å²) in [6.07, 6.45) is 0. The van der Waals surface area contributed by atoms with Gasteiger partial charge in [0.25, 0.3) is 0 Å². The summed E-state index contributed by atoms with van der Waals surface area (Å²) < 4.78 is 5.81. The molecule has 4 heteroatoms. The molecule has 28 heavy (non-hydrogen) atoms. The molecule has 0 spiro atoms. The van der Waals surface area contributed by atoms with Crippen molar-refractivity contribution in [2.75, 3.05) is 27.2 Å². The minimum Gasteiger partial charge on any atom is -0.507 e. The first-order valence-electron chi connectivity index (χ1n) is 9.27. The fourth-order valence-corrected chi connectivity index (χ4v) is 3.05. The van der Waals surface area contributed by atoms with Crippen molar-refractivity contribution < 1.29 is 14.6 Å². The first-order valence-corrected chi connectivity index (χ1v) is 9.27. The van der Waals surface area contributed by atoms with Crippen LogP contribution in [0.1, 0.15) is 17.3 Å². The van der Waals surface area contributed by atoms with Crippen molar-refractivity contribution in [3.8, 4) is 33.8 Å². The lowest BCUT2D eigenvalue weighted by molar-refractivity contribution is 0.101. The molecule has 0 atom stereocenters. The summed E-state index contributed by atoms with van der Waals surface area (Å²) in [5.74, 6) is 0.731. The number of phenols is 1. The standard InChI is InChI=1S/C24H25NO3/c1-17(26)21-11-9-19(18-7-5-4-6-8-18)15-22(21)23-16-20(10-12-24(23)27)28-14-13-25(2)3/h4-12,15-16,27H,13-14H2,1-3H3. The molecule has 0 radical (unpaired) electrons. The van der Waals surface area contributed by atoms with Gasteiger partial charge in [0.2, 0.25) is 0 Å². The third-order valence-electron chi connectivity index (χ3n) is 4.57. The number of likely N-dealkylation sites (N-methyl/N-ethyl adjacent to an activating group) is 1. The molecule has 4 nitrogen and oxygen atoms in total. The van der Waals surface area contributed by atoms with E-state index in [1.807, 2.05) is 67.5 Å². The van der Waals surface area contributed by atoms with Crippen molar-refractivity contribution in [3.05, 3.63) is 72.3 Å². The van der Waals surface area contributed by atoms with E-state index in [-0.39, 0.29) is 11.5 Å². The minimum absolute atomic E-state index is 0.0482. The fourth-order valence-electron chi connectivity index (χ4n) is 3.05. The maximum Gasteiger partial charge on any atom is 0.160 e. The van der Waals surface area contributed by atoms with Crippen molar-refractivity contribution in [2.24, 2.45) is 0 Å². The van der Waals surface area contributed by atoms with Crippen LogP contribution in [0.2, 0.25) is 0 Å². The molecule has 0 saturated heterocycles. The lowest BCUT2D eigenvalue weighted by atomic mass is 9.92. The summed E-state index contributed by atoms with van der Waals surface area (Å²) >= 11 is 0. The predicted octanol–water partition coefficient (Wildman–Crippen LogP) is 4.87. The van der Waals surface area contributed by atoms with Crippen LogP contribution in [0.25, 0.3) is 22.3 Å². The molecule has 0 heterocycles. The quantitative estimate of drug-likeness (QED) is 0.599. The van der Waals surface area contributed by atoms with E-state index in [2.05, 4.69) is 0 Å². The largest absolute Gasteiger partial charge is 0.507 e. The molecule has 0 unspecified atom stereocenters. The molecule has 3 rings (SSSR count). The molecule has 0 aromatic heterocycles. The number of benzene rings is 3. The summed E-state index contributed by atoms with van der Waals surface area (Å²) in [4.78, 5) is 14.3. The van der Waals surface area contributed by atoms with Gasteiger partial charge in [0.1, 0.15) is 18.1 Å². The van der Waals surface area contributed by atoms with Gasteiger partial charge in [-0.05, 0) is 62.0 Å². The highest BCUT2D eigenvalue weighted by Gasteiger charge is 2.15. The number of Topliss-reactive ketones (excluding diaryl/α,β-unsaturated/α-hetero) is 1. The summed E-state index contributed by atoms with van der Waals surface area (Å²) in [6, 6.07) is 20.8. The average Bonchev–Trinajstić information content (AvgIpc) is 2.69. The second-order valence-corrected chi connectivity index (χ2v) is 7.01. The molecule has 0 bridgehead atoms. The maximum absolute atomic E-state index is 12.2. The van der Waals surface area contributed by atoms with E-state index in [9.17, 15) is 9.90 Å². The number of nitrogens with zero attached hydrogens (tertiary/aromatic N) is 1. The lowest BCUT2D eigenvalue weighted by Gasteiger charge is -2.15. The van der Waals surface area contributed by atoms with Gasteiger partial charge >= 0.3 is 0 Å². The number of carbonyl (C=O) groups is 1. The van der Waals surface area contributed by atoms with Crippen LogP contribution in [0, 0.1) is 0 Å². The Morgan fingerprint density at radius 2 is 1.68 bits per heavy atom. The Balaban J connectivity index is 2.04. The number of ketones is 1. The van der Waals surface area contributed by atoms with Crippen LogP contribution < -0.4 is 4.74 Å². The Morgan fingerprint density at radius 1 is 0.929 bits per heavy atom. The van der Waals surface area contributed by atoms with E-state index in [1.165, 1.54) is 6.92 Å². The van der Waals surface area contributed by atoms with Gasteiger partial charge in [0.15, 0.2) is 5.78 Å². The van der Waals surface area contributed by atoms with E-state index in [1.54, 1.807) is 18.2 Å². The number of hydrogen-bond acceptors (Lipinski definition) is 4. The SMILES string of the molecule is CC(=O)c1ccc(-c2ccccc2)cc1-c1cc(OCCN(C)C)ccc1O. The normalized spacial score (nSPS) is 10.9. The number of rotatable bonds is 7. The smallest absolute Gasteiger partial charge is 0.160 e. The lowest BCUT2D eigenvalue weighted by Crippen LogP contribution is -2.19.